The van der Waals surface area contributed by atoms with E-state index in [9.17, 15) is 9.90 Å². The van der Waals surface area contributed by atoms with E-state index in [1.807, 2.05) is 31.2 Å². The summed E-state index contributed by atoms with van der Waals surface area (Å²) >= 11 is 5.92. The van der Waals surface area contributed by atoms with Gasteiger partial charge in [0.25, 0.3) is 5.91 Å². The highest BCUT2D eigenvalue weighted by molar-refractivity contribution is 6.31. The average molecular weight is 348 g/mol. The SMILES string of the molecule is COc1cc(Cl)cc(/C=N/NC(=O)CNc2ccc(C)cc2)c1O. The fourth-order valence-electron chi connectivity index (χ4n) is 1.92. The quantitative estimate of drug-likeness (QED) is 0.554. The number of aryl methyl sites for hydroxylation is 1. The Morgan fingerprint density at radius 3 is 2.71 bits per heavy atom. The summed E-state index contributed by atoms with van der Waals surface area (Å²) in [5.74, 6) is -0.186. The second-order valence-electron chi connectivity index (χ2n) is 5.06. The van der Waals surface area contributed by atoms with Crippen molar-refractivity contribution in [3.63, 3.8) is 0 Å². The molecule has 0 radical (unpaired) electrons. The Morgan fingerprint density at radius 2 is 2.04 bits per heavy atom. The van der Waals surface area contributed by atoms with E-state index in [-0.39, 0.29) is 24.0 Å². The lowest BCUT2D eigenvalue weighted by Gasteiger charge is -2.07. The maximum Gasteiger partial charge on any atom is 0.259 e. The van der Waals surface area contributed by atoms with Gasteiger partial charge in [-0.15, -0.1) is 0 Å². The zero-order valence-electron chi connectivity index (χ0n) is 13.3. The van der Waals surface area contributed by atoms with Gasteiger partial charge in [0.2, 0.25) is 0 Å². The number of methoxy groups -OCH3 is 1. The summed E-state index contributed by atoms with van der Waals surface area (Å²) in [5, 5.41) is 17.1. The maximum atomic E-state index is 11.7. The minimum Gasteiger partial charge on any atom is -0.504 e. The van der Waals surface area contributed by atoms with Gasteiger partial charge in [-0.2, -0.15) is 5.10 Å². The molecular formula is C17H18ClN3O3. The first-order valence-corrected chi connectivity index (χ1v) is 7.56. The molecule has 126 valence electrons. The Kier molecular flexibility index (Phi) is 6.03. The smallest absolute Gasteiger partial charge is 0.259 e. The van der Waals surface area contributed by atoms with Crippen LogP contribution in [-0.2, 0) is 4.79 Å². The van der Waals surface area contributed by atoms with Crippen LogP contribution in [0.4, 0.5) is 5.69 Å². The molecule has 3 N–H and O–H groups in total. The molecule has 0 unspecified atom stereocenters. The Balaban J connectivity index is 1.90. The number of aromatic hydroxyl groups is 1. The number of phenols is 1. The molecule has 0 heterocycles. The minimum absolute atomic E-state index is 0.0747. The molecular weight excluding hydrogens is 330 g/mol. The number of carbonyl (C=O) groups is 1. The zero-order chi connectivity index (χ0) is 17.5. The van der Waals surface area contributed by atoms with Crippen LogP contribution in [0.3, 0.4) is 0 Å². The van der Waals surface area contributed by atoms with Crippen LogP contribution < -0.4 is 15.5 Å². The minimum atomic E-state index is -0.319. The number of ether oxygens (including phenoxy) is 1. The van der Waals surface area contributed by atoms with E-state index in [0.717, 1.165) is 11.3 Å². The summed E-state index contributed by atoms with van der Waals surface area (Å²) < 4.78 is 5.00. The van der Waals surface area contributed by atoms with Gasteiger partial charge in [-0.05, 0) is 25.1 Å². The number of hydrogen-bond donors (Lipinski definition) is 3. The molecule has 0 spiro atoms. The lowest BCUT2D eigenvalue weighted by molar-refractivity contribution is -0.119. The van der Waals surface area contributed by atoms with Crippen molar-refractivity contribution in [2.24, 2.45) is 5.10 Å². The van der Waals surface area contributed by atoms with Gasteiger partial charge >= 0.3 is 0 Å². The fourth-order valence-corrected chi connectivity index (χ4v) is 2.13. The van der Waals surface area contributed by atoms with Crippen molar-refractivity contribution >= 4 is 29.4 Å². The normalized spacial score (nSPS) is 10.6. The van der Waals surface area contributed by atoms with Crippen LogP contribution in [0.2, 0.25) is 5.02 Å². The Labute approximate surface area is 145 Å². The van der Waals surface area contributed by atoms with Crippen molar-refractivity contribution in [2.45, 2.75) is 6.92 Å². The molecule has 0 saturated heterocycles. The van der Waals surface area contributed by atoms with Crippen molar-refractivity contribution in [3.8, 4) is 11.5 Å². The first-order chi connectivity index (χ1) is 11.5. The summed E-state index contributed by atoms with van der Waals surface area (Å²) in [4.78, 5) is 11.7. The summed E-state index contributed by atoms with van der Waals surface area (Å²) in [7, 11) is 1.42. The van der Waals surface area contributed by atoms with E-state index < -0.39 is 0 Å². The Morgan fingerprint density at radius 1 is 1.33 bits per heavy atom. The van der Waals surface area contributed by atoms with Crippen molar-refractivity contribution < 1.29 is 14.6 Å². The number of hydrogen-bond acceptors (Lipinski definition) is 5. The van der Waals surface area contributed by atoms with E-state index in [1.54, 1.807) is 0 Å². The molecule has 6 nitrogen and oxygen atoms in total. The maximum absolute atomic E-state index is 11.7. The van der Waals surface area contributed by atoms with Crippen molar-refractivity contribution in [1.29, 1.82) is 0 Å². The fraction of sp³-hybridized carbons (Fsp3) is 0.176. The molecule has 0 aliphatic carbocycles. The van der Waals surface area contributed by atoms with Crippen LogP contribution in [0.5, 0.6) is 11.5 Å². The highest BCUT2D eigenvalue weighted by Gasteiger charge is 2.08. The molecule has 0 aromatic heterocycles. The molecule has 1 amide bonds. The number of nitrogens with zero attached hydrogens (tertiary/aromatic N) is 1. The third-order valence-corrected chi connectivity index (χ3v) is 3.40. The largest absolute Gasteiger partial charge is 0.504 e. The van der Waals surface area contributed by atoms with Gasteiger partial charge in [0.1, 0.15) is 0 Å². The monoisotopic (exact) mass is 347 g/mol. The van der Waals surface area contributed by atoms with Crippen molar-refractivity contribution in [3.05, 3.63) is 52.5 Å². The zero-order valence-corrected chi connectivity index (χ0v) is 14.1. The Hall–Kier alpha value is -2.73. The number of amides is 1. The summed E-state index contributed by atoms with van der Waals surface area (Å²) in [6.45, 7) is 2.07. The van der Waals surface area contributed by atoms with E-state index in [4.69, 9.17) is 16.3 Å². The Bertz CT molecular complexity index is 745. The second-order valence-corrected chi connectivity index (χ2v) is 5.50. The van der Waals surface area contributed by atoms with Crippen LogP contribution in [0.1, 0.15) is 11.1 Å². The van der Waals surface area contributed by atoms with Gasteiger partial charge in [0.15, 0.2) is 11.5 Å². The van der Waals surface area contributed by atoms with Crippen molar-refractivity contribution in [2.75, 3.05) is 19.0 Å². The standard InChI is InChI=1S/C17H18ClN3O3/c1-11-3-5-14(6-4-11)19-10-16(22)21-20-9-12-7-13(18)8-15(24-2)17(12)23/h3-9,19,23H,10H2,1-2H3,(H,21,22)/b20-9+. The first-order valence-electron chi connectivity index (χ1n) is 7.18. The van der Waals surface area contributed by atoms with Crippen LogP contribution in [0.25, 0.3) is 0 Å². The molecule has 0 fully saturated rings. The number of rotatable bonds is 6. The molecule has 24 heavy (non-hydrogen) atoms. The first kappa shape index (κ1) is 17.6. The highest BCUT2D eigenvalue weighted by Crippen LogP contribution is 2.32. The number of hydrazone groups is 1. The molecule has 2 aromatic carbocycles. The van der Waals surface area contributed by atoms with E-state index in [2.05, 4.69) is 15.8 Å². The number of nitrogens with one attached hydrogen (secondary N) is 2. The van der Waals surface area contributed by atoms with Gasteiger partial charge in [0.05, 0.1) is 19.9 Å². The van der Waals surface area contributed by atoms with Gasteiger partial charge in [0, 0.05) is 22.3 Å². The molecule has 2 rings (SSSR count). The molecule has 7 heteroatoms. The number of carbonyl (C=O) groups excluding carboxylic acids is 1. The van der Waals surface area contributed by atoms with E-state index >= 15 is 0 Å². The van der Waals surface area contributed by atoms with E-state index in [1.165, 1.54) is 25.5 Å². The summed E-state index contributed by atoms with van der Waals surface area (Å²) in [6.07, 6.45) is 1.30. The third kappa shape index (κ3) is 4.89. The van der Waals surface area contributed by atoms with Gasteiger partial charge in [-0.25, -0.2) is 5.43 Å². The number of anilines is 1. The number of benzene rings is 2. The molecule has 0 saturated carbocycles. The second kappa shape index (κ2) is 8.21. The third-order valence-electron chi connectivity index (χ3n) is 3.19. The summed E-state index contributed by atoms with van der Waals surface area (Å²) in [5.41, 5.74) is 4.70. The van der Waals surface area contributed by atoms with Crippen LogP contribution in [0.15, 0.2) is 41.5 Å². The lowest BCUT2D eigenvalue weighted by atomic mass is 10.2. The van der Waals surface area contributed by atoms with Gasteiger partial charge in [-0.1, -0.05) is 29.3 Å². The van der Waals surface area contributed by atoms with Crippen LogP contribution in [0, 0.1) is 6.92 Å². The predicted octanol–water partition coefficient (Wildman–Crippen LogP) is 2.92. The van der Waals surface area contributed by atoms with Gasteiger partial charge in [-0.3, -0.25) is 4.79 Å². The molecule has 0 aliphatic heterocycles. The molecule has 0 aliphatic rings. The number of phenolic OH excluding ortho intramolecular Hbond substituents is 1. The van der Waals surface area contributed by atoms with Crippen molar-refractivity contribution in [1.82, 2.24) is 5.43 Å². The lowest BCUT2D eigenvalue weighted by Crippen LogP contribution is -2.25. The van der Waals surface area contributed by atoms with Gasteiger partial charge < -0.3 is 15.2 Å². The van der Waals surface area contributed by atoms with E-state index in [0.29, 0.717) is 10.6 Å². The predicted molar refractivity (Wildman–Crippen MR) is 95.1 cm³/mol. The topological polar surface area (TPSA) is 83.0 Å². The van der Waals surface area contributed by atoms with Crippen LogP contribution >= 0.6 is 11.6 Å². The molecule has 0 atom stereocenters. The number of halogens is 1. The summed E-state index contributed by atoms with van der Waals surface area (Å²) in [6, 6.07) is 10.7. The van der Waals surface area contributed by atoms with Crippen LogP contribution in [-0.4, -0.2) is 30.9 Å². The highest BCUT2D eigenvalue weighted by atomic mass is 35.5. The molecule has 2 aromatic rings. The average Bonchev–Trinajstić information content (AvgIpc) is 2.57. The molecule has 0 bridgehead atoms.